The van der Waals surface area contributed by atoms with Crippen molar-refractivity contribution in [2.75, 3.05) is 0 Å². The van der Waals surface area contributed by atoms with E-state index in [0.29, 0.717) is 5.92 Å². The maximum atomic E-state index is 10.4. The molecule has 1 aliphatic rings. The molecule has 0 aliphatic heterocycles. The highest BCUT2D eigenvalue weighted by atomic mass is 16.4. The fourth-order valence-electron chi connectivity index (χ4n) is 2.97. The van der Waals surface area contributed by atoms with Crippen LogP contribution in [-0.2, 0) is 6.42 Å². The normalized spacial score (nSPS) is 27.0. The second kappa shape index (κ2) is 5.72. The molecule has 0 bridgehead atoms. The molecule has 0 saturated heterocycles. The van der Waals surface area contributed by atoms with Gasteiger partial charge in [0.05, 0.1) is 0 Å². The van der Waals surface area contributed by atoms with Gasteiger partial charge >= 0.3 is 0 Å². The summed E-state index contributed by atoms with van der Waals surface area (Å²) in [6.07, 6.45) is 6.61. The van der Waals surface area contributed by atoms with Gasteiger partial charge in [0.25, 0.3) is 0 Å². The van der Waals surface area contributed by atoms with Crippen molar-refractivity contribution in [1.82, 2.24) is 0 Å². The van der Waals surface area contributed by atoms with E-state index >= 15 is 0 Å². The second-order valence-electron chi connectivity index (χ2n) is 5.30. The largest absolute Gasteiger partial charge is 0.463 e. The maximum absolute atomic E-state index is 10.4. The van der Waals surface area contributed by atoms with E-state index in [1.165, 1.54) is 19.3 Å². The van der Waals surface area contributed by atoms with Gasteiger partial charge in [-0.2, -0.15) is 0 Å². The Hall–Kier alpha value is -0.760. The molecule has 96 valence electrons. The van der Waals surface area contributed by atoms with Crippen LogP contribution < -0.4 is 0 Å². The summed E-state index contributed by atoms with van der Waals surface area (Å²) >= 11 is 0. The van der Waals surface area contributed by atoms with Crippen molar-refractivity contribution in [3.05, 3.63) is 23.7 Å². The highest BCUT2D eigenvalue weighted by Crippen LogP contribution is 2.38. The minimum absolute atomic E-state index is 0.393. The van der Waals surface area contributed by atoms with Gasteiger partial charge in [0.2, 0.25) is 0 Å². The monoisotopic (exact) mass is 236 g/mol. The molecular weight excluding hydrogens is 212 g/mol. The van der Waals surface area contributed by atoms with Crippen LogP contribution in [0.4, 0.5) is 0 Å². The van der Waals surface area contributed by atoms with Gasteiger partial charge < -0.3 is 9.52 Å². The number of hydrogen-bond donors (Lipinski definition) is 1. The quantitative estimate of drug-likeness (QED) is 0.854. The van der Waals surface area contributed by atoms with E-state index in [1.54, 1.807) is 0 Å². The topological polar surface area (TPSA) is 33.4 Å². The molecule has 0 spiro atoms. The SMILES string of the molecule is CCc1ccc(C(O)C2CCCC(CC)C2)o1. The van der Waals surface area contributed by atoms with Crippen LogP contribution in [0.2, 0.25) is 0 Å². The number of aliphatic hydroxyl groups is 1. The molecule has 0 radical (unpaired) electrons. The first-order valence-electron chi connectivity index (χ1n) is 7.01. The summed E-state index contributed by atoms with van der Waals surface area (Å²) in [4.78, 5) is 0. The first-order chi connectivity index (χ1) is 8.24. The maximum Gasteiger partial charge on any atom is 0.132 e. The van der Waals surface area contributed by atoms with Crippen molar-refractivity contribution in [1.29, 1.82) is 0 Å². The number of aliphatic hydroxyl groups excluding tert-OH is 1. The average molecular weight is 236 g/mol. The van der Waals surface area contributed by atoms with Crippen molar-refractivity contribution < 1.29 is 9.52 Å². The van der Waals surface area contributed by atoms with Crippen molar-refractivity contribution in [2.24, 2.45) is 11.8 Å². The van der Waals surface area contributed by atoms with Crippen LogP contribution in [0.3, 0.4) is 0 Å². The Morgan fingerprint density at radius 2 is 2.18 bits per heavy atom. The molecule has 2 heteroatoms. The van der Waals surface area contributed by atoms with Gasteiger partial charge in [-0.25, -0.2) is 0 Å². The Morgan fingerprint density at radius 1 is 1.35 bits per heavy atom. The predicted octanol–water partition coefficient (Wildman–Crippen LogP) is 4.09. The molecular formula is C15H24O2. The molecule has 1 aromatic rings. The van der Waals surface area contributed by atoms with Crippen LogP contribution in [0.5, 0.6) is 0 Å². The van der Waals surface area contributed by atoms with E-state index in [4.69, 9.17) is 4.42 Å². The summed E-state index contributed by atoms with van der Waals surface area (Å²) in [7, 11) is 0. The lowest BCUT2D eigenvalue weighted by atomic mass is 9.77. The van der Waals surface area contributed by atoms with Crippen LogP contribution in [0.15, 0.2) is 16.5 Å². The average Bonchev–Trinajstić information content (AvgIpc) is 2.86. The lowest BCUT2D eigenvalue weighted by Crippen LogP contribution is -2.21. The molecule has 3 unspecified atom stereocenters. The van der Waals surface area contributed by atoms with Crippen LogP contribution in [0, 0.1) is 11.8 Å². The number of hydrogen-bond acceptors (Lipinski definition) is 2. The summed E-state index contributed by atoms with van der Waals surface area (Å²) in [6.45, 7) is 4.32. The molecule has 1 fully saturated rings. The standard InChI is InChI=1S/C15H24O2/c1-3-11-6-5-7-12(10-11)15(16)14-9-8-13(4-2)17-14/h8-9,11-12,15-16H,3-7,10H2,1-2H3. The molecule has 17 heavy (non-hydrogen) atoms. The van der Waals surface area contributed by atoms with Gasteiger partial charge in [-0.3, -0.25) is 0 Å². The first-order valence-corrected chi connectivity index (χ1v) is 7.01. The van der Waals surface area contributed by atoms with Crippen LogP contribution >= 0.6 is 0 Å². The smallest absolute Gasteiger partial charge is 0.132 e. The van der Waals surface area contributed by atoms with E-state index in [2.05, 4.69) is 13.8 Å². The lowest BCUT2D eigenvalue weighted by molar-refractivity contribution is 0.0499. The molecule has 2 nitrogen and oxygen atoms in total. The van der Waals surface area contributed by atoms with Gasteiger partial charge in [0.15, 0.2) is 0 Å². The molecule has 0 amide bonds. The third-order valence-electron chi connectivity index (χ3n) is 4.17. The number of furan rings is 1. The Balaban J connectivity index is 2.00. The molecule has 1 N–H and O–H groups in total. The van der Waals surface area contributed by atoms with E-state index < -0.39 is 6.10 Å². The van der Waals surface area contributed by atoms with E-state index in [0.717, 1.165) is 36.7 Å². The van der Waals surface area contributed by atoms with Crippen LogP contribution in [-0.4, -0.2) is 5.11 Å². The molecule has 1 heterocycles. The molecule has 1 saturated carbocycles. The molecule has 0 aromatic carbocycles. The Morgan fingerprint density at radius 3 is 2.82 bits per heavy atom. The second-order valence-corrected chi connectivity index (χ2v) is 5.30. The number of rotatable bonds is 4. The zero-order chi connectivity index (χ0) is 12.3. The molecule has 1 aromatic heterocycles. The Kier molecular flexibility index (Phi) is 4.27. The van der Waals surface area contributed by atoms with Crippen LogP contribution in [0.1, 0.15) is 63.6 Å². The third-order valence-corrected chi connectivity index (χ3v) is 4.17. The van der Waals surface area contributed by atoms with Crippen molar-refractivity contribution in [3.8, 4) is 0 Å². The minimum atomic E-state index is -0.398. The Bertz CT molecular complexity index is 342. The van der Waals surface area contributed by atoms with Gasteiger partial charge in [0, 0.05) is 6.42 Å². The Labute approximate surface area is 104 Å². The highest BCUT2D eigenvalue weighted by Gasteiger charge is 2.29. The first kappa shape index (κ1) is 12.7. The molecule has 1 aliphatic carbocycles. The van der Waals surface area contributed by atoms with Gasteiger partial charge in [-0.15, -0.1) is 0 Å². The third kappa shape index (κ3) is 2.92. The highest BCUT2D eigenvalue weighted by molar-refractivity contribution is 5.10. The van der Waals surface area contributed by atoms with E-state index in [-0.39, 0.29) is 0 Å². The zero-order valence-corrected chi connectivity index (χ0v) is 11.0. The van der Waals surface area contributed by atoms with Crippen molar-refractivity contribution in [3.63, 3.8) is 0 Å². The molecule has 2 rings (SSSR count). The van der Waals surface area contributed by atoms with E-state index in [9.17, 15) is 5.11 Å². The summed E-state index contributed by atoms with van der Waals surface area (Å²) in [5, 5.41) is 10.4. The summed E-state index contributed by atoms with van der Waals surface area (Å²) in [5.74, 6) is 2.93. The lowest BCUT2D eigenvalue weighted by Gasteiger charge is -2.30. The van der Waals surface area contributed by atoms with E-state index in [1.807, 2.05) is 12.1 Å². The zero-order valence-electron chi connectivity index (χ0n) is 11.0. The summed E-state index contributed by atoms with van der Waals surface area (Å²) in [5.41, 5.74) is 0. The van der Waals surface area contributed by atoms with Gasteiger partial charge in [-0.05, 0) is 36.8 Å². The number of aryl methyl sites for hydroxylation is 1. The summed E-state index contributed by atoms with van der Waals surface area (Å²) < 4.78 is 5.67. The fourth-order valence-corrected chi connectivity index (χ4v) is 2.97. The minimum Gasteiger partial charge on any atom is -0.463 e. The molecule has 3 atom stereocenters. The van der Waals surface area contributed by atoms with Crippen molar-refractivity contribution >= 4 is 0 Å². The van der Waals surface area contributed by atoms with Crippen molar-refractivity contribution in [2.45, 2.75) is 58.5 Å². The van der Waals surface area contributed by atoms with Crippen LogP contribution in [0.25, 0.3) is 0 Å². The fraction of sp³-hybridized carbons (Fsp3) is 0.733. The summed E-state index contributed by atoms with van der Waals surface area (Å²) in [6, 6.07) is 3.93. The van der Waals surface area contributed by atoms with Gasteiger partial charge in [0.1, 0.15) is 17.6 Å². The predicted molar refractivity (Wildman–Crippen MR) is 68.8 cm³/mol. The van der Waals surface area contributed by atoms with Gasteiger partial charge in [-0.1, -0.05) is 33.1 Å².